The van der Waals surface area contributed by atoms with Crippen molar-refractivity contribution in [2.75, 3.05) is 17.4 Å². The van der Waals surface area contributed by atoms with E-state index >= 15 is 0 Å². The molecule has 0 unspecified atom stereocenters. The number of carbonyl (C=O) groups excluding carboxylic acids is 1. The lowest BCUT2D eigenvalue weighted by molar-refractivity contribution is -0.119. The number of hydrogen-bond donors (Lipinski definition) is 1. The summed E-state index contributed by atoms with van der Waals surface area (Å²) >= 11 is 3.39. The van der Waals surface area contributed by atoms with Gasteiger partial charge in [0.05, 0.1) is 10.6 Å². The first-order valence-corrected chi connectivity index (χ1v) is 12.4. The third-order valence-corrected chi connectivity index (χ3v) is 7.43. The number of amides is 1. The molecule has 0 saturated heterocycles. The van der Waals surface area contributed by atoms with Gasteiger partial charge in [0.2, 0.25) is 5.91 Å². The van der Waals surface area contributed by atoms with Gasteiger partial charge in [0, 0.05) is 11.0 Å². The van der Waals surface area contributed by atoms with Crippen LogP contribution in [0.2, 0.25) is 0 Å². The van der Waals surface area contributed by atoms with Gasteiger partial charge in [0.25, 0.3) is 10.0 Å². The summed E-state index contributed by atoms with van der Waals surface area (Å²) in [7, 11) is -3.89. The predicted molar refractivity (Wildman–Crippen MR) is 124 cm³/mol. The first-order chi connectivity index (χ1) is 14.4. The summed E-state index contributed by atoms with van der Waals surface area (Å²) < 4.78 is 28.6. The van der Waals surface area contributed by atoms with Crippen molar-refractivity contribution in [2.24, 2.45) is 0 Å². The minimum Gasteiger partial charge on any atom is -0.354 e. The topological polar surface area (TPSA) is 66.5 Å². The van der Waals surface area contributed by atoms with Gasteiger partial charge in [-0.25, -0.2) is 8.42 Å². The van der Waals surface area contributed by atoms with Gasteiger partial charge in [-0.15, -0.1) is 0 Å². The number of hydrogen-bond acceptors (Lipinski definition) is 3. The Bertz CT molecular complexity index is 1020. The fourth-order valence-corrected chi connectivity index (χ4v) is 5.26. The number of allylic oxidation sites excluding steroid dienone is 1. The van der Waals surface area contributed by atoms with Crippen LogP contribution in [-0.4, -0.2) is 27.4 Å². The molecule has 1 aliphatic rings. The molecule has 0 heterocycles. The molecule has 0 spiro atoms. The molecular formula is C23H27BrN2O3S. The lowest BCUT2D eigenvalue weighted by Gasteiger charge is -2.24. The third kappa shape index (κ3) is 5.95. The van der Waals surface area contributed by atoms with E-state index in [-0.39, 0.29) is 17.3 Å². The molecule has 7 heteroatoms. The SMILES string of the molecule is Cc1ccc(S(=O)(=O)N(CC(=O)NCCC2=CCCCC2)c2cccc(Br)c2)cc1. The highest BCUT2D eigenvalue weighted by Crippen LogP contribution is 2.26. The van der Waals surface area contributed by atoms with E-state index in [9.17, 15) is 13.2 Å². The highest BCUT2D eigenvalue weighted by molar-refractivity contribution is 9.10. The van der Waals surface area contributed by atoms with Crippen molar-refractivity contribution in [2.45, 2.75) is 43.9 Å². The molecule has 1 amide bonds. The summed E-state index contributed by atoms with van der Waals surface area (Å²) in [6, 6.07) is 13.6. The normalized spacial score (nSPS) is 14.1. The highest BCUT2D eigenvalue weighted by atomic mass is 79.9. The lowest BCUT2D eigenvalue weighted by atomic mass is 9.97. The van der Waals surface area contributed by atoms with Crippen LogP contribution in [0.25, 0.3) is 0 Å². The Hall–Kier alpha value is -2.12. The van der Waals surface area contributed by atoms with E-state index in [4.69, 9.17) is 0 Å². The summed E-state index contributed by atoms with van der Waals surface area (Å²) in [6.07, 6.45) is 7.69. The monoisotopic (exact) mass is 490 g/mol. The highest BCUT2D eigenvalue weighted by Gasteiger charge is 2.27. The molecule has 0 aliphatic heterocycles. The Kier molecular flexibility index (Phi) is 7.72. The number of anilines is 1. The second-order valence-electron chi connectivity index (χ2n) is 7.51. The van der Waals surface area contributed by atoms with Crippen molar-refractivity contribution in [1.82, 2.24) is 5.32 Å². The van der Waals surface area contributed by atoms with E-state index in [0.29, 0.717) is 12.2 Å². The van der Waals surface area contributed by atoms with Crippen LogP contribution in [0.1, 0.15) is 37.7 Å². The molecular weight excluding hydrogens is 464 g/mol. The molecule has 5 nitrogen and oxygen atoms in total. The molecule has 2 aromatic rings. The van der Waals surface area contributed by atoms with Crippen LogP contribution in [0.15, 0.2) is 69.5 Å². The fraction of sp³-hybridized carbons (Fsp3) is 0.348. The molecule has 0 atom stereocenters. The van der Waals surface area contributed by atoms with Crippen molar-refractivity contribution >= 4 is 37.5 Å². The van der Waals surface area contributed by atoms with Gasteiger partial charge in [-0.2, -0.15) is 0 Å². The molecule has 2 aromatic carbocycles. The maximum absolute atomic E-state index is 13.3. The molecule has 0 fully saturated rings. The summed E-state index contributed by atoms with van der Waals surface area (Å²) in [5.74, 6) is -0.318. The quantitative estimate of drug-likeness (QED) is 0.531. The van der Waals surface area contributed by atoms with E-state index in [0.717, 1.165) is 33.6 Å². The summed E-state index contributed by atoms with van der Waals surface area (Å²) in [5, 5.41) is 2.88. The summed E-state index contributed by atoms with van der Waals surface area (Å²) in [6.45, 7) is 2.14. The third-order valence-electron chi connectivity index (χ3n) is 5.15. The maximum atomic E-state index is 13.3. The molecule has 30 heavy (non-hydrogen) atoms. The largest absolute Gasteiger partial charge is 0.354 e. The Morgan fingerprint density at radius 2 is 1.90 bits per heavy atom. The maximum Gasteiger partial charge on any atom is 0.264 e. The van der Waals surface area contributed by atoms with Gasteiger partial charge in [0.15, 0.2) is 0 Å². The number of carbonyl (C=O) groups is 1. The Morgan fingerprint density at radius 3 is 2.57 bits per heavy atom. The first-order valence-electron chi connectivity index (χ1n) is 10.2. The lowest BCUT2D eigenvalue weighted by Crippen LogP contribution is -2.41. The molecule has 0 radical (unpaired) electrons. The zero-order valence-corrected chi connectivity index (χ0v) is 19.5. The zero-order chi connectivity index (χ0) is 21.6. The smallest absolute Gasteiger partial charge is 0.264 e. The van der Waals surface area contributed by atoms with Crippen LogP contribution in [0, 0.1) is 6.92 Å². The van der Waals surface area contributed by atoms with Gasteiger partial charge in [0.1, 0.15) is 6.54 Å². The summed E-state index contributed by atoms with van der Waals surface area (Å²) in [4.78, 5) is 12.8. The van der Waals surface area contributed by atoms with Crippen LogP contribution in [0.3, 0.4) is 0 Å². The minimum atomic E-state index is -3.89. The van der Waals surface area contributed by atoms with Crippen molar-refractivity contribution in [3.05, 3.63) is 70.2 Å². The molecule has 0 saturated carbocycles. The van der Waals surface area contributed by atoms with Crippen LogP contribution in [0.4, 0.5) is 5.69 Å². The average Bonchev–Trinajstić information content (AvgIpc) is 2.73. The number of halogens is 1. The molecule has 1 N–H and O–H groups in total. The van der Waals surface area contributed by atoms with Crippen LogP contribution >= 0.6 is 15.9 Å². The van der Waals surface area contributed by atoms with Gasteiger partial charge in [-0.3, -0.25) is 9.10 Å². The fourth-order valence-electron chi connectivity index (χ4n) is 3.46. The van der Waals surface area contributed by atoms with Crippen molar-refractivity contribution in [3.63, 3.8) is 0 Å². The number of nitrogens with one attached hydrogen (secondary N) is 1. The van der Waals surface area contributed by atoms with Crippen molar-refractivity contribution in [3.8, 4) is 0 Å². The van der Waals surface area contributed by atoms with Crippen LogP contribution in [-0.2, 0) is 14.8 Å². The number of nitrogens with zero attached hydrogens (tertiary/aromatic N) is 1. The number of benzene rings is 2. The molecule has 3 rings (SSSR count). The van der Waals surface area contributed by atoms with Gasteiger partial charge < -0.3 is 5.32 Å². The van der Waals surface area contributed by atoms with Gasteiger partial charge in [-0.1, -0.05) is 51.3 Å². The number of aryl methyl sites for hydroxylation is 1. The number of rotatable bonds is 8. The Balaban J connectivity index is 1.77. The zero-order valence-electron chi connectivity index (χ0n) is 17.1. The van der Waals surface area contributed by atoms with E-state index < -0.39 is 10.0 Å². The molecule has 0 aromatic heterocycles. The Labute approximate surface area is 187 Å². The van der Waals surface area contributed by atoms with E-state index in [1.807, 2.05) is 13.0 Å². The second-order valence-corrected chi connectivity index (χ2v) is 10.3. The minimum absolute atomic E-state index is 0.160. The average molecular weight is 491 g/mol. The Morgan fingerprint density at radius 1 is 1.13 bits per heavy atom. The van der Waals surface area contributed by atoms with Crippen molar-refractivity contribution in [1.29, 1.82) is 0 Å². The van der Waals surface area contributed by atoms with E-state index in [1.165, 1.54) is 18.4 Å². The van der Waals surface area contributed by atoms with Gasteiger partial charge >= 0.3 is 0 Å². The second kappa shape index (κ2) is 10.3. The van der Waals surface area contributed by atoms with Gasteiger partial charge in [-0.05, 0) is 69.4 Å². The van der Waals surface area contributed by atoms with E-state index in [2.05, 4.69) is 27.3 Å². The predicted octanol–water partition coefficient (Wildman–Crippen LogP) is 4.96. The van der Waals surface area contributed by atoms with Crippen LogP contribution in [0.5, 0.6) is 0 Å². The van der Waals surface area contributed by atoms with Crippen LogP contribution < -0.4 is 9.62 Å². The van der Waals surface area contributed by atoms with Crippen molar-refractivity contribution < 1.29 is 13.2 Å². The number of sulfonamides is 1. The summed E-state index contributed by atoms with van der Waals surface area (Å²) in [5.41, 5.74) is 2.78. The molecule has 0 bridgehead atoms. The standard InChI is InChI=1S/C23H27BrN2O3S/c1-18-10-12-22(13-11-18)30(28,29)26(21-9-5-8-20(24)16-21)17-23(27)25-15-14-19-6-3-2-4-7-19/h5-6,8-13,16H,2-4,7,14-15,17H2,1H3,(H,25,27). The van der Waals surface area contributed by atoms with E-state index in [1.54, 1.807) is 42.5 Å². The first kappa shape index (κ1) is 22.6. The molecule has 160 valence electrons. The molecule has 1 aliphatic carbocycles.